The molecule has 3 nitrogen and oxygen atoms in total. The lowest BCUT2D eigenvalue weighted by Gasteiger charge is -2.08. The van der Waals surface area contributed by atoms with Crippen LogP contribution in [0.4, 0.5) is 0 Å². The molecule has 1 atom stereocenters. The van der Waals surface area contributed by atoms with Crippen molar-refractivity contribution in [3.63, 3.8) is 0 Å². The van der Waals surface area contributed by atoms with Crippen LogP contribution in [0.5, 0.6) is 0 Å². The molecule has 0 rings (SSSR count). The van der Waals surface area contributed by atoms with Crippen molar-refractivity contribution in [2.24, 2.45) is 11.7 Å². The molecule has 10 heavy (non-hydrogen) atoms. The van der Waals surface area contributed by atoms with Crippen molar-refractivity contribution >= 4 is 5.97 Å². The normalized spacial score (nSPS) is 14.4. The molecule has 0 aromatic carbocycles. The summed E-state index contributed by atoms with van der Waals surface area (Å²) in [5.74, 6) is -0.660. The van der Waals surface area contributed by atoms with Crippen LogP contribution in [0.2, 0.25) is 0 Å². The van der Waals surface area contributed by atoms with Crippen molar-refractivity contribution in [3.8, 4) is 0 Å². The highest BCUT2D eigenvalue weighted by Gasteiger charge is 2.02. The average molecular weight is 143 g/mol. The lowest BCUT2D eigenvalue weighted by molar-refractivity contribution is -0.131. The Morgan fingerprint density at radius 3 is 2.40 bits per heavy atom. The van der Waals surface area contributed by atoms with Gasteiger partial charge in [-0.25, -0.2) is 4.79 Å². The Hall–Kier alpha value is -0.830. The van der Waals surface area contributed by atoms with E-state index < -0.39 is 5.97 Å². The fourth-order valence-corrected chi connectivity index (χ4v) is 0.416. The third-order valence-electron chi connectivity index (χ3n) is 1.23. The standard InChI is InChI=1S/C7H13NO2/c1-5(2)6(8)3-4-7(9)10/h3-6H,8H2,1-2H3,(H,9,10)/b4-3+/t6-/m1/s1. The van der Waals surface area contributed by atoms with E-state index in [0.717, 1.165) is 6.08 Å². The van der Waals surface area contributed by atoms with Gasteiger partial charge in [0.25, 0.3) is 0 Å². The third-order valence-corrected chi connectivity index (χ3v) is 1.23. The van der Waals surface area contributed by atoms with Crippen molar-refractivity contribution in [3.05, 3.63) is 12.2 Å². The van der Waals surface area contributed by atoms with Crippen LogP contribution in [0.25, 0.3) is 0 Å². The van der Waals surface area contributed by atoms with Gasteiger partial charge in [0.2, 0.25) is 0 Å². The smallest absolute Gasteiger partial charge is 0.328 e. The van der Waals surface area contributed by atoms with E-state index in [9.17, 15) is 4.79 Å². The van der Waals surface area contributed by atoms with Crippen LogP contribution in [0.3, 0.4) is 0 Å². The topological polar surface area (TPSA) is 63.3 Å². The van der Waals surface area contributed by atoms with E-state index in [2.05, 4.69) is 0 Å². The van der Waals surface area contributed by atoms with Crippen LogP contribution in [0.1, 0.15) is 13.8 Å². The molecule has 0 saturated carbocycles. The molecular weight excluding hydrogens is 130 g/mol. The summed E-state index contributed by atoms with van der Waals surface area (Å²) in [7, 11) is 0. The van der Waals surface area contributed by atoms with Gasteiger partial charge in [-0.15, -0.1) is 0 Å². The summed E-state index contributed by atoms with van der Waals surface area (Å²) >= 11 is 0. The van der Waals surface area contributed by atoms with E-state index in [-0.39, 0.29) is 12.0 Å². The molecule has 0 spiro atoms. The molecule has 0 aliphatic carbocycles. The van der Waals surface area contributed by atoms with Gasteiger partial charge in [-0.1, -0.05) is 19.9 Å². The van der Waals surface area contributed by atoms with Gasteiger partial charge in [-0.2, -0.15) is 0 Å². The number of carboxylic acids is 1. The van der Waals surface area contributed by atoms with E-state index in [1.165, 1.54) is 6.08 Å². The van der Waals surface area contributed by atoms with Crippen LogP contribution in [0.15, 0.2) is 12.2 Å². The van der Waals surface area contributed by atoms with Gasteiger partial charge in [0.15, 0.2) is 0 Å². The highest BCUT2D eigenvalue weighted by atomic mass is 16.4. The van der Waals surface area contributed by atoms with Gasteiger partial charge in [-0.3, -0.25) is 0 Å². The fraction of sp³-hybridized carbons (Fsp3) is 0.571. The molecule has 0 amide bonds. The van der Waals surface area contributed by atoms with Crippen molar-refractivity contribution in [2.45, 2.75) is 19.9 Å². The maximum Gasteiger partial charge on any atom is 0.328 e. The van der Waals surface area contributed by atoms with E-state index >= 15 is 0 Å². The summed E-state index contributed by atoms with van der Waals surface area (Å²) in [5, 5.41) is 8.20. The van der Waals surface area contributed by atoms with Gasteiger partial charge in [0, 0.05) is 12.1 Å². The number of carboxylic acid groups (broad SMARTS) is 1. The van der Waals surface area contributed by atoms with E-state index in [1.807, 2.05) is 13.8 Å². The third kappa shape index (κ3) is 4.09. The van der Waals surface area contributed by atoms with Gasteiger partial charge in [-0.05, 0) is 5.92 Å². The second kappa shape index (κ2) is 4.06. The second-order valence-corrected chi connectivity index (χ2v) is 2.52. The van der Waals surface area contributed by atoms with Gasteiger partial charge >= 0.3 is 5.97 Å². The number of hydrogen-bond donors (Lipinski definition) is 2. The first-order valence-corrected chi connectivity index (χ1v) is 3.20. The quantitative estimate of drug-likeness (QED) is 0.569. The first kappa shape index (κ1) is 9.17. The Balaban J connectivity index is 3.77. The molecule has 0 heterocycles. The lowest BCUT2D eigenvalue weighted by atomic mass is 10.1. The summed E-state index contributed by atoms with van der Waals surface area (Å²) in [6.45, 7) is 3.88. The monoisotopic (exact) mass is 143 g/mol. The first-order chi connectivity index (χ1) is 4.54. The molecule has 3 heteroatoms. The van der Waals surface area contributed by atoms with Gasteiger partial charge < -0.3 is 10.8 Å². The van der Waals surface area contributed by atoms with Crippen molar-refractivity contribution < 1.29 is 9.90 Å². The fourth-order valence-electron chi connectivity index (χ4n) is 0.416. The zero-order chi connectivity index (χ0) is 8.15. The highest BCUT2D eigenvalue weighted by Crippen LogP contribution is 1.98. The molecule has 0 aliphatic rings. The van der Waals surface area contributed by atoms with Crippen molar-refractivity contribution in [1.29, 1.82) is 0 Å². The predicted octanol–water partition coefficient (Wildman–Crippen LogP) is 0.611. The maximum atomic E-state index is 9.98. The van der Waals surface area contributed by atoms with Gasteiger partial charge in [0.1, 0.15) is 0 Å². The van der Waals surface area contributed by atoms with Crippen molar-refractivity contribution in [2.75, 3.05) is 0 Å². The summed E-state index contributed by atoms with van der Waals surface area (Å²) in [6.07, 6.45) is 2.57. The first-order valence-electron chi connectivity index (χ1n) is 3.20. The second-order valence-electron chi connectivity index (χ2n) is 2.52. The number of nitrogens with two attached hydrogens (primary N) is 1. The summed E-state index contributed by atoms with van der Waals surface area (Å²) in [6, 6.07) is -0.156. The summed E-state index contributed by atoms with van der Waals surface area (Å²) in [5.41, 5.74) is 5.51. The number of carbonyl (C=O) groups is 1. The Morgan fingerprint density at radius 2 is 2.10 bits per heavy atom. The zero-order valence-electron chi connectivity index (χ0n) is 6.24. The Kier molecular flexibility index (Phi) is 3.72. The van der Waals surface area contributed by atoms with Crippen LogP contribution >= 0.6 is 0 Å². The maximum absolute atomic E-state index is 9.98. The minimum absolute atomic E-state index is 0.156. The molecule has 0 bridgehead atoms. The van der Waals surface area contributed by atoms with Crippen LogP contribution in [-0.2, 0) is 4.79 Å². The number of rotatable bonds is 3. The van der Waals surface area contributed by atoms with Crippen LogP contribution < -0.4 is 5.73 Å². The molecule has 0 unspecified atom stereocenters. The minimum Gasteiger partial charge on any atom is -0.478 e. The molecular formula is C7H13NO2. The molecule has 0 fully saturated rings. The average Bonchev–Trinajstić information content (AvgIpc) is 1.82. The van der Waals surface area contributed by atoms with Gasteiger partial charge in [0.05, 0.1) is 0 Å². The van der Waals surface area contributed by atoms with Crippen LogP contribution in [-0.4, -0.2) is 17.1 Å². The molecule has 0 saturated heterocycles. The highest BCUT2D eigenvalue weighted by molar-refractivity contribution is 5.79. The Morgan fingerprint density at radius 1 is 1.60 bits per heavy atom. The molecule has 58 valence electrons. The Labute approximate surface area is 60.5 Å². The minimum atomic E-state index is -0.948. The summed E-state index contributed by atoms with van der Waals surface area (Å²) in [4.78, 5) is 9.98. The SMILES string of the molecule is CC(C)[C@H](N)/C=C/C(=O)O. The zero-order valence-corrected chi connectivity index (χ0v) is 6.24. The largest absolute Gasteiger partial charge is 0.478 e. The van der Waals surface area contributed by atoms with E-state index in [1.54, 1.807) is 0 Å². The number of hydrogen-bond acceptors (Lipinski definition) is 2. The molecule has 0 aliphatic heterocycles. The molecule has 0 aromatic heterocycles. The molecule has 0 radical (unpaired) electrons. The summed E-state index contributed by atoms with van der Waals surface area (Å²) < 4.78 is 0. The predicted molar refractivity (Wildman–Crippen MR) is 39.6 cm³/mol. The van der Waals surface area contributed by atoms with Crippen molar-refractivity contribution in [1.82, 2.24) is 0 Å². The van der Waals surface area contributed by atoms with E-state index in [0.29, 0.717) is 0 Å². The molecule has 3 N–H and O–H groups in total. The van der Waals surface area contributed by atoms with E-state index in [4.69, 9.17) is 10.8 Å². The lowest BCUT2D eigenvalue weighted by Crippen LogP contribution is -2.23. The molecule has 0 aromatic rings. The number of aliphatic carboxylic acids is 1. The van der Waals surface area contributed by atoms with Crippen LogP contribution in [0, 0.1) is 5.92 Å². The Bertz CT molecular complexity index is 141.